The minimum absolute atomic E-state index is 0.437. The van der Waals surface area contributed by atoms with E-state index < -0.39 is 0 Å². The molecule has 0 aromatic carbocycles. The average Bonchev–Trinajstić information content (AvgIpc) is 3.29. The number of fused-ring (bicyclic) bond motifs is 1. The Balaban J connectivity index is 1.55. The first kappa shape index (κ1) is 18.5. The number of pyridine rings is 1. The zero-order chi connectivity index (χ0) is 18.4. The second-order valence-corrected chi connectivity index (χ2v) is 7.45. The van der Waals surface area contributed by atoms with E-state index >= 15 is 0 Å². The van der Waals surface area contributed by atoms with Gasteiger partial charge in [-0.05, 0) is 36.9 Å². The van der Waals surface area contributed by atoms with Gasteiger partial charge in [0.15, 0.2) is 5.96 Å². The molecule has 0 amide bonds. The van der Waals surface area contributed by atoms with Crippen LogP contribution in [0.3, 0.4) is 0 Å². The van der Waals surface area contributed by atoms with E-state index in [4.69, 9.17) is 9.98 Å². The first-order chi connectivity index (χ1) is 12.7. The Labute approximate surface area is 159 Å². The van der Waals surface area contributed by atoms with Gasteiger partial charge >= 0.3 is 0 Å². The molecule has 1 unspecified atom stereocenters. The normalized spacial score (nSPS) is 13.1. The van der Waals surface area contributed by atoms with Gasteiger partial charge < -0.3 is 15.0 Å². The molecule has 3 aromatic rings. The van der Waals surface area contributed by atoms with Gasteiger partial charge in [0.1, 0.15) is 5.65 Å². The highest BCUT2D eigenvalue weighted by Gasteiger charge is 2.07. The van der Waals surface area contributed by atoms with Crippen molar-refractivity contribution < 1.29 is 0 Å². The molecule has 3 rings (SSSR count). The third-order valence-corrected chi connectivity index (χ3v) is 5.40. The van der Waals surface area contributed by atoms with E-state index in [9.17, 15) is 0 Å². The van der Waals surface area contributed by atoms with Crippen LogP contribution >= 0.6 is 11.3 Å². The standard InChI is InChI=1S/C20H27N5S/c1-4-21-20(23-13-16(3)18-8-6-12-26-18)22-10-9-17-14-25-11-5-7-15(2)19(25)24-17/h5-8,11-12,14,16H,4,9-10,13H2,1-3H3,(H2,21,22,23). The van der Waals surface area contributed by atoms with Crippen molar-refractivity contribution in [1.29, 1.82) is 0 Å². The number of aromatic nitrogens is 2. The molecule has 26 heavy (non-hydrogen) atoms. The van der Waals surface area contributed by atoms with E-state index in [1.54, 1.807) is 11.3 Å². The van der Waals surface area contributed by atoms with Gasteiger partial charge in [-0.15, -0.1) is 11.3 Å². The second-order valence-electron chi connectivity index (χ2n) is 6.47. The summed E-state index contributed by atoms with van der Waals surface area (Å²) in [6.07, 6.45) is 5.02. The minimum atomic E-state index is 0.437. The van der Waals surface area contributed by atoms with E-state index in [0.717, 1.165) is 43.4 Å². The molecular formula is C20H27N5S. The maximum atomic E-state index is 4.73. The monoisotopic (exact) mass is 369 g/mol. The molecule has 2 N–H and O–H groups in total. The van der Waals surface area contributed by atoms with E-state index in [1.807, 2.05) is 6.20 Å². The molecule has 3 aromatic heterocycles. The van der Waals surface area contributed by atoms with E-state index in [1.165, 1.54) is 10.4 Å². The summed E-state index contributed by atoms with van der Waals surface area (Å²) in [5.41, 5.74) is 3.33. The fourth-order valence-corrected chi connectivity index (χ4v) is 3.64. The summed E-state index contributed by atoms with van der Waals surface area (Å²) in [4.78, 5) is 10.8. The van der Waals surface area contributed by atoms with Crippen molar-refractivity contribution >= 4 is 22.9 Å². The summed E-state index contributed by atoms with van der Waals surface area (Å²) in [6.45, 7) is 8.84. The summed E-state index contributed by atoms with van der Waals surface area (Å²) < 4.78 is 2.09. The molecule has 0 bridgehead atoms. The Morgan fingerprint density at radius 2 is 2.19 bits per heavy atom. The molecule has 5 nitrogen and oxygen atoms in total. The van der Waals surface area contributed by atoms with Crippen molar-refractivity contribution in [2.24, 2.45) is 4.99 Å². The van der Waals surface area contributed by atoms with Crippen LogP contribution in [0, 0.1) is 6.92 Å². The number of nitrogens with one attached hydrogen (secondary N) is 2. The maximum Gasteiger partial charge on any atom is 0.191 e. The van der Waals surface area contributed by atoms with Gasteiger partial charge in [0.05, 0.1) is 12.2 Å². The van der Waals surface area contributed by atoms with Gasteiger partial charge in [0.2, 0.25) is 0 Å². The molecule has 138 valence electrons. The SMILES string of the molecule is CCNC(=NCC(C)c1cccs1)NCCc1cn2cccc(C)c2n1. The topological polar surface area (TPSA) is 53.7 Å². The molecular weight excluding hydrogens is 342 g/mol. The number of thiophene rings is 1. The van der Waals surface area contributed by atoms with E-state index in [2.05, 4.69) is 71.6 Å². The lowest BCUT2D eigenvalue weighted by Crippen LogP contribution is -2.38. The number of aliphatic imine (C=N–C) groups is 1. The van der Waals surface area contributed by atoms with Crippen molar-refractivity contribution in [2.75, 3.05) is 19.6 Å². The zero-order valence-corrected chi connectivity index (χ0v) is 16.5. The first-order valence-electron chi connectivity index (χ1n) is 9.16. The van der Waals surface area contributed by atoms with E-state index in [-0.39, 0.29) is 0 Å². The number of aryl methyl sites for hydroxylation is 1. The minimum Gasteiger partial charge on any atom is -0.357 e. The molecule has 0 saturated heterocycles. The molecule has 0 aliphatic heterocycles. The zero-order valence-electron chi connectivity index (χ0n) is 15.7. The quantitative estimate of drug-likeness (QED) is 0.494. The molecule has 3 heterocycles. The van der Waals surface area contributed by atoms with Crippen molar-refractivity contribution in [1.82, 2.24) is 20.0 Å². The largest absolute Gasteiger partial charge is 0.357 e. The molecule has 0 aliphatic rings. The van der Waals surface area contributed by atoms with Crippen LogP contribution in [0.2, 0.25) is 0 Å². The number of imidazole rings is 1. The van der Waals surface area contributed by atoms with E-state index in [0.29, 0.717) is 5.92 Å². The summed E-state index contributed by atoms with van der Waals surface area (Å²) in [5, 5.41) is 8.86. The lowest BCUT2D eigenvalue weighted by atomic mass is 10.1. The van der Waals surface area contributed by atoms with Gasteiger partial charge in [0, 0.05) is 42.7 Å². The van der Waals surface area contributed by atoms with Gasteiger partial charge in [-0.3, -0.25) is 4.99 Å². The van der Waals surface area contributed by atoms with Gasteiger partial charge in [-0.1, -0.05) is 19.1 Å². The van der Waals surface area contributed by atoms with Gasteiger partial charge in [-0.2, -0.15) is 0 Å². The molecule has 0 fully saturated rings. The molecule has 1 atom stereocenters. The molecule has 6 heteroatoms. The number of hydrogen-bond donors (Lipinski definition) is 2. The van der Waals surface area contributed by atoms with Crippen LogP contribution in [-0.4, -0.2) is 35.0 Å². The van der Waals surface area contributed by atoms with Crippen molar-refractivity contribution in [3.8, 4) is 0 Å². The van der Waals surface area contributed by atoms with Crippen LogP contribution < -0.4 is 10.6 Å². The molecule has 0 spiro atoms. The smallest absolute Gasteiger partial charge is 0.191 e. The highest BCUT2D eigenvalue weighted by molar-refractivity contribution is 7.10. The maximum absolute atomic E-state index is 4.73. The number of hydrogen-bond acceptors (Lipinski definition) is 3. The van der Waals surface area contributed by atoms with Gasteiger partial charge in [-0.25, -0.2) is 4.98 Å². The summed E-state index contributed by atoms with van der Waals surface area (Å²) in [5.74, 6) is 1.31. The third kappa shape index (κ3) is 4.64. The van der Waals surface area contributed by atoms with Crippen molar-refractivity contribution in [2.45, 2.75) is 33.1 Å². The predicted octanol–water partition coefficient (Wildman–Crippen LogP) is 3.61. The van der Waals surface area contributed by atoms with Crippen LogP contribution in [0.1, 0.15) is 35.9 Å². The number of rotatable bonds is 7. The summed E-state index contributed by atoms with van der Waals surface area (Å²) in [6, 6.07) is 8.42. The fraction of sp³-hybridized carbons (Fsp3) is 0.400. The Bertz CT molecular complexity index is 850. The number of nitrogens with zero attached hydrogens (tertiary/aromatic N) is 3. The molecule has 0 saturated carbocycles. The summed E-state index contributed by atoms with van der Waals surface area (Å²) in [7, 11) is 0. The molecule has 0 aliphatic carbocycles. The van der Waals surface area contributed by atoms with Crippen LogP contribution in [0.4, 0.5) is 0 Å². The highest BCUT2D eigenvalue weighted by atomic mass is 32.1. The fourth-order valence-electron chi connectivity index (χ4n) is 2.87. The van der Waals surface area contributed by atoms with Crippen molar-refractivity contribution in [3.63, 3.8) is 0 Å². The van der Waals surface area contributed by atoms with Crippen molar-refractivity contribution in [3.05, 3.63) is 58.2 Å². The molecule has 0 radical (unpaired) electrons. The Morgan fingerprint density at radius 3 is 2.92 bits per heavy atom. The van der Waals surface area contributed by atoms with Crippen LogP contribution in [0.25, 0.3) is 5.65 Å². The van der Waals surface area contributed by atoms with Crippen LogP contribution in [-0.2, 0) is 6.42 Å². The Kier molecular flexibility index (Phi) is 6.28. The summed E-state index contributed by atoms with van der Waals surface area (Å²) >= 11 is 1.79. The Hall–Kier alpha value is -2.34. The third-order valence-electron chi connectivity index (χ3n) is 4.30. The second kappa shape index (κ2) is 8.85. The number of guanidine groups is 1. The first-order valence-corrected chi connectivity index (χ1v) is 10.0. The average molecular weight is 370 g/mol. The lowest BCUT2D eigenvalue weighted by Gasteiger charge is -2.12. The van der Waals surface area contributed by atoms with Gasteiger partial charge in [0.25, 0.3) is 0 Å². The highest BCUT2D eigenvalue weighted by Crippen LogP contribution is 2.20. The van der Waals surface area contributed by atoms with Crippen LogP contribution in [0.5, 0.6) is 0 Å². The van der Waals surface area contributed by atoms with Crippen LogP contribution in [0.15, 0.2) is 47.0 Å². The Morgan fingerprint density at radius 1 is 1.31 bits per heavy atom. The lowest BCUT2D eigenvalue weighted by molar-refractivity contribution is 0.752. The predicted molar refractivity (Wildman–Crippen MR) is 110 cm³/mol.